The van der Waals surface area contributed by atoms with Crippen LogP contribution in [0.25, 0.3) is 11.3 Å². The second-order valence-corrected chi connectivity index (χ2v) is 6.89. The molecule has 9 nitrogen and oxygen atoms in total. The zero-order chi connectivity index (χ0) is 22.2. The van der Waals surface area contributed by atoms with Crippen molar-refractivity contribution in [1.29, 1.82) is 10.5 Å². The molecule has 0 spiro atoms. The van der Waals surface area contributed by atoms with E-state index in [1.165, 1.54) is 0 Å². The first kappa shape index (κ1) is 21.5. The summed E-state index contributed by atoms with van der Waals surface area (Å²) in [6.07, 6.45) is 6.10. The first-order chi connectivity index (χ1) is 15.0. The van der Waals surface area contributed by atoms with Crippen molar-refractivity contribution >= 4 is 17.5 Å². The van der Waals surface area contributed by atoms with Crippen LogP contribution < -0.4 is 10.6 Å². The number of nitrogens with one attached hydrogen (secondary N) is 2. The molecule has 0 aliphatic carbocycles. The monoisotopic (exact) mass is 414 g/mol. The average Bonchev–Trinajstić information content (AvgIpc) is 3.24. The number of carbonyl (C=O) groups is 1. The SMILES string of the molecule is CC[C@@H](C#N)NC(=O)c1ccc(-c2nc(Nc3cnn(CCC#N)c3)ncc2C)cc1. The maximum atomic E-state index is 12.3. The molecule has 3 rings (SSSR count). The van der Waals surface area contributed by atoms with E-state index in [-0.39, 0.29) is 5.91 Å². The minimum Gasteiger partial charge on any atom is -0.336 e. The van der Waals surface area contributed by atoms with E-state index in [2.05, 4.69) is 37.8 Å². The van der Waals surface area contributed by atoms with E-state index < -0.39 is 6.04 Å². The Balaban J connectivity index is 1.75. The van der Waals surface area contributed by atoms with Gasteiger partial charge in [0.2, 0.25) is 5.95 Å². The summed E-state index contributed by atoms with van der Waals surface area (Å²) in [4.78, 5) is 21.2. The summed E-state index contributed by atoms with van der Waals surface area (Å²) in [6, 6.07) is 10.7. The number of anilines is 2. The molecule has 3 aromatic rings. The lowest BCUT2D eigenvalue weighted by Gasteiger charge is -2.11. The van der Waals surface area contributed by atoms with Crippen molar-refractivity contribution in [2.75, 3.05) is 5.32 Å². The van der Waals surface area contributed by atoms with Gasteiger partial charge in [0.25, 0.3) is 5.91 Å². The summed E-state index contributed by atoms with van der Waals surface area (Å²) >= 11 is 0. The Morgan fingerprint density at radius 3 is 2.68 bits per heavy atom. The van der Waals surface area contributed by atoms with Gasteiger partial charge in [0, 0.05) is 23.5 Å². The first-order valence-electron chi connectivity index (χ1n) is 9.85. The van der Waals surface area contributed by atoms with E-state index in [9.17, 15) is 4.79 Å². The van der Waals surface area contributed by atoms with E-state index in [4.69, 9.17) is 10.5 Å². The van der Waals surface area contributed by atoms with Crippen LogP contribution in [0.5, 0.6) is 0 Å². The van der Waals surface area contributed by atoms with Crippen molar-refractivity contribution in [2.45, 2.75) is 39.3 Å². The fourth-order valence-electron chi connectivity index (χ4n) is 2.89. The van der Waals surface area contributed by atoms with Crippen molar-refractivity contribution in [2.24, 2.45) is 0 Å². The second kappa shape index (κ2) is 9.99. The molecule has 2 aromatic heterocycles. The van der Waals surface area contributed by atoms with Gasteiger partial charge in [-0.3, -0.25) is 9.48 Å². The van der Waals surface area contributed by atoms with Crippen molar-refractivity contribution in [3.63, 3.8) is 0 Å². The molecule has 2 heterocycles. The van der Waals surface area contributed by atoms with Gasteiger partial charge in [0.05, 0.1) is 42.7 Å². The zero-order valence-corrected chi connectivity index (χ0v) is 17.3. The maximum Gasteiger partial charge on any atom is 0.252 e. The van der Waals surface area contributed by atoms with Crippen LogP contribution in [0.2, 0.25) is 0 Å². The quantitative estimate of drug-likeness (QED) is 0.577. The predicted molar refractivity (Wildman–Crippen MR) is 115 cm³/mol. The summed E-state index contributed by atoms with van der Waals surface area (Å²) in [5.41, 5.74) is 3.68. The van der Waals surface area contributed by atoms with Crippen molar-refractivity contribution in [1.82, 2.24) is 25.1 Å². The Hall–Kier alpha value is -4.24. The van der Waals surface area contributed by atoms with Crippen LogP contribution in [0.1, 0.15) is 35.7 Å². The van der Waals surface area contributed by atoms with Gasteiger partial charge in [-0.25, -0.2) is 9.97 Å². The molecular formula is C22H22N8O. The van der Waals surface area contributed by atoms with Crippen LogP contribution in [0.3, 0.4) is 0 Å². The summed E-state index contributed by atoms with van der Waals surface area (Å²) < 4.78 is 1.68. The van der Waals surface area contributed by atoms with Gasteiger partial charge >= 0.3 is 0 Å². The number of nitriles is 2. The normalized spacial score (nSPS) is 11.2. The van der Waals surface area contributed by atoms with Gasteiger partial charge in [0.1, 0.15) is 6.04 Å². The van der Waals surface area contributed by atoms with Crippen LogP contribution >= 0.6 is 0 Å². The van der Waals surface area contributed by atoms with E-state index in [1.807, 2.05) is 26.0 Å². The topological polar surface area (TPSA) is 132 Å². The average molecular weight is 414 g/mol. The highest BCUT2D eigenvalue weighted by molar-refractivity contribution is 5.95. The molecule has 1 aromatic carbocycles. The lowest BCUT2D eigenvalue weighted by atomic mass is 10.1. The molecule has 0 fully saturated rings. The van der Waals surface area contributed by atoms with Gasteiger partial charge in [-0.1, -0.05) is 19.1 Å². The third-order valence-corrected chi connectivity index (χ3v) is 4.60. The van der Waals surface area contributed by atoms with Crippen LogP contribution in [-0.2, 0) is 6.54 Å². The number of benzene rings is 1. The molecule has 1 atom stereocenters. The predicted octanol–water partition coefficient (Wildman–Crippen LogP) is 3.34. The van der Waals surface area contributed by atoms with Gasteiger partial charge in [-0.15, -0.1) is 0 Å². The standard InChI is InChI=1S/C22H22N8O/c1-3-18(11-24)27-21(31)17-7-5-16(6-8-17)20-15(2)12-25-22(29-20)28-19-13-26-30(14-19)10-4-9-23/h5-8,12-14,18H,3-4,10H2,1-2H3,(H,27,31)(H,25,28,29)/t18-/m0/s1. The lowest BCUT2D eigenvalue weighted by Crippen LogP contribution is -2.33. The smallest absolute Gasteiger partial charge is 0.252 e. The van der Waals surface area contributed by atoms with Crippen LogP contribution in [0.4, 0.5) is 11.6 Å². The Morgan fingerprint density at radius 1 is 1.23 bits per heavy atom. The van der Waals surface area contributed by atoms with Gasteiger partial charge in [-0.2, -0.15) is 15.6 Å². The number of aromatic nitrogens is 4. The number of carbonyl (C=O) groups excluding carboxylic acids is 1. The van der Waals surface area contributed by atoms with Gasteiger partial charge in [0.15, 0.2) is 0 Å². The third-order valence-electron chi connectivity index (χ3n) is 4.60. The summed E-state index contributed by atoms with van der Waals surface area (Å²) in [5, 5.41) is 27.7. The molecule has 2 N–H and O–H groups in total. The number of aryl methyl sites for hydroxylation is 2. The highest BCUT2D eigenvalue weighted by Gasteiger charge is 2.13. The fourth-order valence-corrected chi connectivity index (χ4v) is 2.89. The Morgan fingerprint density at radius 2 is 2.00 bits per heavy atom. The molecule has 0 saturated heterocycles. The molecule has 156 valence electrons. The molecule has 0 aliphatic heterocycles. The molecule has 0 saturated carbocycles. The minimum absolute atomic E-state index is 0.282. The van der Waals surface area contributed by atoms with Crippen LogP contribution in [0.15, 0.2) is 42.9 Å². The number of hydrogen-bond donors (Lipinski definition) is 2. The number of hydrogen-bond acceptors (Lipinski definition) is 7. The highest BCUT2D eigenvalue weighted by atomic mass is 16.1. The molecule has 9 heteroatoms. The summed E-state index contributed by atoms with van der Waals surface area (Å²) in [7, 11) is 0. The van der Waals surface area contributed by atoms with E-state index in [0.29, 0.717) is 30.9 Å². The number of amides is 1. The number of nitrogens with zero attached hydrogens (tertiary/aromatic N) is 6. The Kier molecular flexibility index (Phi) is 6.92. The molecule has 0 radical (unpaired) electrons. The number of rotatable bonds is 8. The lowest BCUT2D eigenvalue weighted by molar-refractivity contribution is 0.0944. The molecule has 0 bridgehead atoms. The molecule has 0 unspecified atom stereocenters. The highest BCUT2D eigenvalue weighted by Crippen LogP contribution is 2.23. The molecule has 31 heavy (non-hydrogen) atoms. The Labute approximate surface area is 180 Å². The Bertz CT molecular complexity index is 1140. The van der Waals surface area contributed by atoms with Crippen LogP contribution in [-0.4, -0.2) is 31.7 Å². The van der Waals surface area contributed by atoms with E-state index in [1.54, 1.807) is 35.4 Å². The van der Waals surface area contributed by atoms with E-state index in [0.717, 1.165) is 22.5 Å². The van der Waals surface area contributed by atoms with Crippen molar-refractivity contribution < 1.29 is 4.79 Å². The summed E-state index contributed by atoms with van der Waals surface area (Å²) in [6.45, 7) is 4.28. The fraction of sp³-hybridized carbons (Fsp3) is 0.273. The molecule has 1 amide bonds. The molecular weight excluding hydrogens is 392 g/mol. The second-order valence-electron chi connectivity index (χ2n) is 6.89. The largest absolute Gasteiger partial charge is 0.336 e. The van der Waals surface area contributed by atoms with Gasteiger partial charge < -0.3 is 10.6 Å². The first-order valence-corrected chi connectivity index (χ1v) is 9.85. The third kappa shape index (κ3) is 5.43. The van der Waals surface area contributed by atoms with Gasteiger partial charge in [-0.05, 0) is 31.0 Å². The molecule has 0 aliphatic rings. The minimum atomic E-state index is -0.505. The van der Waals surface area contributed by atoms with Crippen LogP contribution in [0, 0.1) is 29.6 Å². The maximum absolute atomic E-state index is 12.3. The zero-order valence-electron chi connectivity index (χ0n) is 17.3. The van der Waals surface area contributed by atoms with E-state index >= 15 is 0 Å². The summed E-state index contributed by atoms with van der Waals surface area (Å²) in [5.74, 6) is 0.136. The van der Waals surface area contributed by atoms with Crippen molar-refractivity contribution in [3.05, 3.63) is 54.0 Å². The van der Waals surface area contributed by atoms with Crippen molar-refractivity contribution in [3.8, 4) is 23.4 Å².